The summed E-state index contributed by atoms with van der Waals surface area (Å²) in [6.45, 7) is -0.184. The van der Waals surface area contributed by atoms with Crippen LogP contribution < -0.4 is 10.1 Å². The van der Waals surface area contributed by atoms with E-state index in [-0.39, 0.29) is 18.3 Å². The van der Waals surface area contributed by atoms with E-state index in [1.165, 1.54) is 0 Å². The number of hydrogen-bond acceptors (Lipinski definition) is 7. The van der Waals surface area contributed by atoms with E-state index in [1.54, 1.807) is 59.4 Å². The second-order valence-electron chi connectivity index (χ2n) is 8.89. The number of ketones is 1. The third-order valence-corrected chi connectivity index (χ3v) is 6.17. The number of pyridine rings is 1. The first-order valence-electron chi connectivity index (χ1n) is 12.5. The summed E-state index contributed by atoms with van der Waals surface area (Å²) in [5.41, 5.74) is 4.75. The molecule has 194 valence electrons. The SMILES string of the molecule is O=C(COc1ccc(C(=O)c2ccccc2)cc1)Nc1cccc(-c2ccc3nnc(-c4ccncc4)n3n2)c1. The molecule has 1 amide bonds. The molecule has 3 heterocycles. The van der Waals surface area contributed by atoms with Crippen LogP contribution in [0.4, 0.5) is 5.69 Å². The van der Waals surface area contributed by atoms with Crippen LogP contribution in [0.25, 0.3) is 28.3 Å². The van der Waals surface area contributed by atoms with Gasteiger partial charge in [0.25, 0.3) is 5.91 Å². The highest BCUT2D eigenvalue weighted by atomic mass is 16.5. The van der Waals surface area contributed by atoms with Crippen LogP contribution in [0.3, 0.4) is 0 Å². The standard InChI is InChI=1S/C31H22N6O3/c38-29(20-40-26-11-9-22(10-12-26)30(39)21-5-2-1-3-6-21)33-25-8-4-7-24(19-25)27-13-14-28-34-35-31(37(28)36-27)23-15-17-32-18-16-23/h1-19H,20H2,(H,33,38). The second-order valence-corrected chi connectivity index (χ2v) is 8.89. The van der Waals surface area contributed by atoms with Crippen LogP contribution >= 0.6 is 0 Å². The van der Waals surface area contributed by atoms with Gasteiger partial charge in [-0.05, 0) is 60.7 Å². The Labute approximate surface area is 229 Å². The van der Waals surface area contributed by atoms with Crippen molar-refractivity contribution in [2.75, 3.05) is 11.9 Å². The summed E-state index contributed by atoms with van der Waals surface area (Å²) in [5.74, 6) is 0.711. The van der Waals surface area contributed by atoms with Gasteiger partial charge in [0, 0.05) is 40.3 Å². The topological polar surface area (TPSA) is 111 Å². The molecule has 9 heteroatoms. The molecule has 6 rings (SSSR count). The largest absolute Gasteiger partial charge is 0.484 e. The Morgan fingerprint density at radius 3 is 2.33 bits per heavy atom. The molecule has 40 heavy (non-hydrogen) atoms. The molecule has 9 nitrogen and oxygen atoms in total. The predicted octanol–water partition coefficient (Wildman–Crippen LogP) is 5.10. The van der Waals surface area contributed by atoms with Crippen molar-refractivity contribution in [3.63, 3.8) is 0 Å². The van der Waals surface area contributed by atoms with Gasteiger partial charge in [-0.1, -0.05) is 42.5 Å². The molecule has 1 N–H and O–H groups in total. The predicted molar refractivity (Wildman–Crippen MR) is 150 cm³/mol. The zero-order valence-corrected chi connectivity index (χ0v) is 21.1. The Morgan fingerprint density at radius 1 is 0.750 bits per heavy atom. The minimum atomic E-state index is -0.316. The van der Waals surface area contributed by atoms with Crippen molar-refractivity contribution >= 4 is 23.0 Å². The van der Waals surface area contributed by atoms with E-state index < -0.39 is 0 Å². The fourth-order valence-corrected chi connectivity index (χ4v) is 4.18. The Morgan fingerprint density at radius 2 is 1.52 bits per heavy atom. The van der Waals surface area contributed by atoms with Crippen LogP contribution in [0.2, 0.25) is 0 Å². The summed E-state index contributed by atoms with van der Waals surface area (Å²) in [7, 11) is 0. The summed E-state index contributed by atoms with van der Waals surface area (Å²) in [4.78, 5) is 29.2. The first-order chi connectivity index (χ1) is 19.6. The van der Waals surface area contributed by atoms with E-state index in [1.807, 2.05) is 60.7 Å². The van der Waals surface area contributed by atoms with E-state index in [2.05, 4.69) is 20.5 Å². The maximum absolute atomic E-state index is 12.6. The fraction of sp³-hybridized carbons (Fsp3) is 0.0323. The lowest BCUT2D eigenvalue weighted by Crippen LogP contribution is -2.20. The number of benzene rings is 3. The molecule has 0 aliphatic rings. The summed E-state index contributed by atoms with van der Waals surface area (Å²) in [6, 6.07) is 30.6. The summed E-state index contributed by atoms with van der Waals surface area (Å²) in [5, 5.41) is 16.1. The molecule has 0 atom stereocenters. The van der Waals surface area contributed by atoms with Crippen molar-refractivity contribution in [3.05, 3.63) is 127 Å². The van der Waals surface area contributed by atoms with Gasteiger partial charge in [-0.2, -0.15) is 9.61 Å². The van der Waals surface area contributed by atoms with E-state index in [4.69, 9.17) is 9.84 Å². The van der Waals surface area contributed by atoms with Gasteiger partial charge in [-0.25, -0.2) is 0 Å². The number of aromatic nitrogens is 5. The highest BCUT2D eigenvalue weighted by molar-refractivity contribution is 6.09. The molecule has 0 aliphatic carbocycles. The lowest BCUT2D eigenvalue weighted by molar-refractivity contribution is -0.118. The zero-order valence-electron chi connectivity index (χ0n) is 21.1. The Balaban J connectivity index is 1.11. The van der Waals surface area contributed by atoms with Crippen molar-refractivity contribution in [2.45, 2.75) is 0 Å². The molecule has 0 unspecified atom stereocenters. The second kappa shape index (κ2) is 11.0. The number of amides is 1. The molecule has 3 aromatic heterocycles. The lowest BCUT2D eigenvalue weighted by atomic mass is 10.0. The van der Waals surface area contributed by atoms with E-state index in [0.29, 0.717) is 39.7 Å². The third kappa shape index (κ3) is 5.30. The molecular weight excluding hydrogens is 504 g/mol. The summed E-state index contributed by atoms with van der Waals surface area (Å²) >= 11 is 0. The van der Waals surface area contributed by atoms with Crippen molar-refractivity contribution in [1.29, 1.82) is 0 Å². The monoisotopic (exact) mass is 526 g/mol. The van der Waals surface area contributed by atoms with Gasteiger partial charge in [0.05, 0.1) is 5.69 Å². The average Bonchev–Trinajstić information content (AvgIpc) is 3.44. The Kier molecular flexibility index (Phi) is 6.75. The molecule has 0 fully saturated rings. The minimum Gasteiger partial charge on any atom is -0.484 e. The summed E-state index contributed by atoms with van der Waals surface area (Å²) in [6.07, 6.45) is 3.39. The molecule has 0 saturated carbocycles. The van der Waals surface area contributed by atoms with Gasteiger partial charge >= 0.3 is 0 Å². The number of hydrogen-bond donors (Lipinski definition) is 1. The van der Waals surface area contributed by atoms with Crippen LogP contribution in [0.5, 0.6) is 5.75 Å². The van der Waals surface area contributed by atoms with Gasteiger partial charge in [0.2, 0.25) is 0 Å². The van der Waals surface area contributed by atoms with E-state index in [9.17, 15) is 9.59 Å². The normalized spacial score (nSPS) is 10.8. The molecular formula is C31H22N6O3. The first-order valence-corrected chi connectivity index (χ1v) is 12.5. The smallest absolute Gasteiger partial charge is 0.262 e. The van der Waals surface area contributed by atoms with Crippen molar-refractivity contribution in [3.8, 4) is 28.4 Å². The Hall–Kier alpha value is -5.70. The molecule has 0 spiro atoms. The van der Waals surface area contributed by atoms with Crippen molar-refractivity contribution in [2.24, 2.45) is 0 Å². The highest BCUT2D eigenvalue weighted by Crippen LogP contribution is 2.23. The average molecular weight is 527 g/mol. The van der Waals surface area contributed by atoms with E-state index in [0.717, 1.165) is 11.1 Å². The number of anilines is 1. The maximum Gasteiger partial charge on any atom is 0.262 e. The molecule has 3 aromatic carbocycles. The molecule has 6 aromatic rings. The van der Waals surface area contributed by atoms with Crippen molar-refractivity contribution < 1.29 is 14.3 Å². The molecule has 0 bridgehead atoms. The van der Waals surface area contributed by atoms with Crippen LogP contribution in [0, 0.1) is 0 Å². The Bertz CT molecular complexity index is 1800. The van der Waals surface area contributed by atoms with E-state index >= 15 is 0 Å². The lowest BCUT2D eigenvalue weighted by Gasteiger charge is -2.10. The van der Waals surface area contributed by atoms with Gasteiger partial charge in [0.1, 0.15) is 5.75 Å². The van der Waals surface area contributed by atoms with Crippen LogP contribution in [-0.4, -0.2) is 43.1 Å². The first kappa shape index (κ1) is 24.6. The minimum absolute atomic E-state index is 0.0729. The molecule has 0 radical (unpaired) electrons. The van der Waals surface area contributed by atoms with Crippen LogP contribution in [0.15, 0.2) is 116 Å². The maximum atomic E-state index is 12.6. The third-order valence-electron chi connectivity index (χ3n) is 6.17. The summed E-state index contributed by atoms with van der Waals surface area (Å²) < 4.78 is 7.32. The van der Waals surface area contributed by atoms with Gasteiger partial charge in [-0.3, -0.25) is 14.6 Å². The van der Waals surface area contributed by atoms with Crippen LogP contribution in [-0.2, 0) is 4.79 Å². The van der Waals surface area contributed by atoms with Gasteiger partial charge in [-0.15, -0.1) is 10.2 Å². The number of ether oxygens (including phenoxy) is 1. The zero-order chi connectivity index (χ0) is 27.3. The molecule has 0 saturated heterocycles. The van der Waals surface area contributed by atoms with Crippen LogP contribution in [0.1, 0.15) is 15.9 Å². The number of nitrogens with zero attached hydrogens (tertiary/aromatic N) is 5. The van der Waals surface area contributed by atoms with Crippen molar-refractivity contribution in [1.82, 2.24) is 24.8 Å². The fourth-order valence-electron chi connectivity index (χ4n) is 4.18. The quantitative estimate of drug-likeness (QED) is 0.275. The number of carbonyl (C=O) groups excluding carboxylic acids is 2. The highest BCUT2D eigenvalue weighted by Gasteiger charge is 2.12. The number of carbonyl (C=O) groups is 2. The number of rotatable bonds is 8. The van der Waals surface area contributed by atoms with Gasteiger partial charge < -0.3 is 10.1 Å². The number of nitrogens with one attached hydrogen (secondary N) is 1. The number of fused-ring (bicyclic) bond motifs is 1. The molecule has 0 aliphatic heterocycles. The van der Waals surface area contributed by atoms with Gasteiger partial charge in [0.15, 0.2) is 23.9 Å².